The fraction of sp³-hybridized carbons (Fsp3) is 0.471. The van der Waals surface area contributed by atoms with Gasteiger partial charge in [-0.3, -0.25) is 4.79 Å². The minimum absolute atomic E-state index is 0.0144. The number of esters is 1. The maximum Gasteiger partial charge on any atom is 0.328 e. The maximum atomic E-state index is 12.2. The zero-order chi connectivity index (χ0) is 17.7. The van der Waals surface area contributed by atoms with E-state index in [9.17, 15) is 9.59 Å². The number of H-pyrrole nitrogens is 1. The number of rotatable bonds is 7. The van der Waals surface area contributed by atoms with Crippen LogP contribution in [0.15, 0.2) is 23.4 Å². The predicted octanol–water partition coefficient (Wildman–Crippen LogP) is 2.67. The number of imidazole rings is 1. The number of benzene rings is 1. The first-order valence-corrected chi connectivity index (χ1v) is 8.89. The van der Waals surface area contributed by atoms with Crippen LogP contribution in [-0.4, -0.2) is 40.7 Å². The lowest BCUT2D eigenvalue weighted by Gasteiger charge is -2.21. The Bertz CT molecular complexity index is 729. The minimum Gasteiger partial charge on any atom is -0.467 e. The molecule has 0 bridgehead atoms. The maximum absolute atomic E-state index is 12.2. The van der Waals surface area contributed by atoms with Crippen molar-refractivity contribution in [3.05, 3.63) is 23.8 Å². The van der Waals surface area contributed by atoms with E-state index in [1.807, 2.05) is 39.0 Å². The van der Waals surface area contributed by atoms with E-state index < -0.39 is 12.0 Å². The molecule has 6 nitrogen and oxygen atoms in total. The summed E-state index contributed by atoms with van der Waals surface area (Å²) in [7, 11) is 1.33. The molecule has 0 saturated carbocycles. The van der Waals surface area contributed by atoms with Gasteiger partial charge in [-0.15, -0.1) is 0 Å². The van der Waals surface area contributed by atoms with Gasteiger partial charge in [0.05, 0.1) is 23.9 Å². The van der Waals surface area contributed by atoms with Gasteiger partial charge in [0.25, 0.3) is 0 Å². The van der Waals surface area contributed by atoms with Crippen molar-refractivity contribution in [2.45, 2.75) is 38.4 Å². The molecule has 2 N–H and O–H groups in total. The molecule has 0 aliphatic carbocycles. The molecule has 0 fully saturated rings. The van der Waals surface area contributed by atoms with Crippen LogP contribution in [0, 0.1) is 12.8 Å². The molecule has 2 rings (SSSR count). The third-order valence-electron chi connectivity index (χ3n) is 3.94. The van der Waals surface area contributed by atoms with Crippen molar-refractivity contribution in [3.63, 3.8) is 0 Å². The number of methoxy groups -OCH3 is 1. The quantitative estimate of drug-likeness (QED) is 0.593. The fourth-order valence-corrected chi connectivity index (χ4v) is 3.01. The first-order chi connectivity index (χ1) is 11.4. The van der Waals surface area contributed by atoms with Crippen LogP contribution in [0.25, 0.3) is 11.0 Å². The molecule has 0 aliphatic rings. The number of carbonyl (C=O) groups excluding carboxylic acids is 2. The number of nitrogens with zero attached hydrogens (tertiary/aromatic N) is 1. The molecular weight excluding hydrogens is 326 g/mol. The number of aryl methyl sites for hydroxylation is 1. The van der Waals surface area contributed by atoms with Gasteiger partial charge in [0, 0.05) is 0 Å². The first-order valence-electron chi connectivity index (χ1n) is 7.91. The van der Waals surface area contributed by atoms with E-state index in [1.165, 1.54) is 18.9 Å². The Morgan fingerprint density at radius 1 is 1.42 bits per heavy atom. The number of fused-ring (bicyclic) bond motifs is 1. The molecule has 0 spiro atoms. The number of ether oxygens (including phenoxy) is 1. The normalized spacial score (nSPS) is 13.5. The van der Waals surface area contributed by atoms with Crippen molar-refractivity contribution in [1.29, 1.82) is 0 Å². The van der Waals surface area contributed by atoms with Gasteiger partial charge >= 0.3 is 5.97 Å². The summed E-state index contributed by atoms with van der Waals surface area (Å²) in [6.07, 6.45) is 0.774. The molecule has 2 unspecified atom stereocenters. The number of aromatic nitrogens is 2. The average Bonchev–Trinajstić information content (AvgIpc) is 2.98. The fourth-order valence-electron chi connectivity index (χ4n) is 2.31. The molecule has 1 amide bonds. The number of nitrogens with one attached hydrogen (secondary N) is 2. The summed E-state index contributed by atoms with van der Waals surface area (Å²) in [5, 5.41) is 3.44. The topological polar surface area (TPSA) is 84.1 Å². The monoisotopic (exact) mass is 349 g/mol. The molecule has 0 aliphatic heterocycles. The Morgan fingerprint density at radius 2 is 2.17 bits per heavy atom. The number of hydrogen-bond donors (Lipinski definition) is 2. The van der Waals surface area contributed by atoms with Crippen LogP contribution >= 0.6 is 11.8 Å². The van der Waals surface area contributed by atoms with Crippen LogP contribution < -0.4 is 5.32 Å². The zero-order valence-corrected chi connectivity index (χ0v) is 15.2. The molecule has 0 saturated heterocycles. The third-order valence-corrected chi connectivity index (χ3v) is 4.81. The second-order valence-electron chi connectivity index (χ2n) is 5.81. The summed E-state index contributed by atoms with van der Waals surface area (Å²) in [4.78, 5) is 31.6. The SMILES string of the molecule is CCC(C)C(NC(=O)CSc1nc2ccc(C)cc2[nH]1)C(=O)OC. The molecule has 0 radical (unpaired) electrons. The van der Waals surface area contributed by atoms with E-state index in [1.54, 1.807) is 0 Å². The van der Waals surface area contributed by atoms with Crippen LogP contribution in [0.2, 0.25) is 0 Å². The van der Waals surface area contributed by atoms with E-state index in [4.69, 9.17) is 4.74 Å². The second-order valence-corrected chi connectivity index (χ2v) is 6.77. The smallest absolute Gasteiger partial charge is 0.328 e. The Balaban J connectivity index is 1.96. The van der Waals surface area contributed by atoms with Crippen molar-refractivity contribution in [2.24, 2.45) is 5.92 Å². The summed E-state index contributed by atoms with van der Waals surface area (Å²) in [5.74, 6) is -0.433. The Labute approximate surface area is 145 Å². The molecule has 130 valence electrons. The molecule has 1 aromatic heterocycles. The van der Waals surface area contributed by atoms with Crippen molar-refractivity contribution < 1.29 is 14.3 Å². The van der Waals surface area contributed by atoms with Crippen LogP contribution in [-0.2, 0) is 14.3 Å². The summed E-state index contributed by atoms with van der Waals surface area (Å²) >= 11 is 1.31. The predicted molar refractivity (Wildman–Crippen MR) is 95.0 cm³/mol. The van der Waals surface area contributed by atoms with E-state index in [0.717, 1.165) is 23.0 Å². The van der Waals surface area contributed by atoms with Crippen LogP contribution in [0.3, 0.4) is 0 Å². The highest BCUT2D eigenvalue weighted by molar-refractivity contribution is 7.99. The highest BCUT2D eigenvalue weighted by Gasteiger charge is 2.26. The summed E-state index contributed by atoms with van der Waals surface area (Å²) < 4.78 is 4.77. The zero-order valence-electron chi connectivity index (χ0n) is 14.4. The average molecular weight is 349 g/mol. The Hall–Kier alpha value is -2.02. The van der Waals surface area contributed by atoms with Crippen molar-refractivity contribution >= 4 is 34.7 Å². The van der Waals surface area contributed by atoms with Gasteiger partial charge in [0.1, 0.15) is 6.04 Å². The van der Waals surface area contributed by atoms with E-state index in [-0.39, 0.29) is 17.6 Å². The molecular formula is C17H23N3O3S. The summed E-state index contributed by atoms with van der Waals surface area (Å²) in [5.41, 5.74) is 2.97. The molecule has 1 aromatic carbocycles. The third kappa shape index (κ3) is 4.50. The van der Waals surface area contributed by atoms with Crippen LogP contribution in [0.4, 0.5) is 0 Å². The summed E-state index contributed by atoms with van der Waals surface area (Å²) in [6.45, 7) is 5.90. The van der Waals surface area contributed by atoms with Crippen molar-refractivity contribution in [1.82, 2.24) is 15.3 Å². The highest BCUT2D eigenvalue weighted by Crippen LogP contribution is 2.20. The number of amides is 1. The molecule has 2 atom stereocenters. The molecule has 24 heavy (non-hydrogen) atoms. The minimum atomic E-state index is -0.619. The lowest BCUT2D eigenvalue weighted by Crippen LogP contribution is -2.46. The number of aromatic amines is 1. The van der Waals surface area contributed by atoms with Gasteiger partial charge in [-0.2, -0.15) is 0 Å². The van der Waals surface area contributed by atoms with E-state index >= 15 is 0 Å². The Morgan fingerprint density at radius 3 is 2.83 bits per heavy atom. The summed E-state index contributed by atoms with van der Waals surface area (Å²) in [6, 6.07) is 5.34. The van der Waals surface area contributed by atoms with Gasteiger partial charge < -0.3 is 15.0 Å². The van der Waals surface area contributed by atoms with Gasteiger partial charge in [-0.05, 0) is 30.5 Å². The first kappa shape index (κ1) is 18.3. The lowest BCUT2D eigenvalue weighted by atomic mass is 9.99. The molecule has 1 heterocycles. The van der Waals surface area contributed by atoms with Crippen LogP contribution in [0.1, 0.15) is 25.8 Å². The standard InChI is InChI=1S/C17H23N3O3S/c1-5-11(3)15(16(22)23-4)20-14(21)9-24-17-18-12-7-6-10(2)8-13(12)19-17/h6-8,11,15H,5,9H2,1-4H3,(H,18,19)(H,20,21). The second kappa shape index (κ2) is 8.19. The Kier molecular flexibility index (Phi) is 6.25. The molecule has 2 aromatic rings. The van der Waals surface area contributed by atoms with Gasteiger partial charge in [-0.25, -0.2) is 9.78 Å². The highest BCUT2D eigenvalue weighted by atomic mass is 32.2. The van der Waals surface area contributed by atoms with E-state index in [0.29, 0.717) is 5.16 Å². The number of thioether (sulfide) groups is 1. The van der Waals surface area contributed by atoms with Gasteiger partial charge in [0.15, 0.2) is 5.16 Å². The van der Waals surface area contributed by atoms with Crippen molar-refractivity contribution in [3.8, 4) is 0 Å². The van der Waals surface area contributed by atoms with Crippen LogP contribution in [0.5, 0.6) is 0 Å². The number of hydrogen-bond acceptors (Lipinski definition) is 5. The van der Waals surface area contributed by atoms with Gasteiger partial charge in [0.2, 0.25) is 5.91 Å². The van der Waals surface area contributed by atoms with Gasteiger partial charge in [-0.1, -0.05) is 38.1 Å². The number of carbonyl (C=O) groups is 2. The molecule has 7 heteroatoms. The largest absolute Gasteiger partial charge is 0.467 e. The van der Waals surface area contributed by atoms with Crippen molar-refractivity contribution in [2.75, 3.05) is 12.9 Å². The van der Waals surface area contributed by atoms with E-state index in [2.05, 4.69) is 15.3 Å². The lowest BCUT2D eigenvalue weighted by molar-refractivity contribution is -0.146.